The molecule has 1 amide bonds. The zero-order valence-corrected chi connectivity index (χ0v) is 14.8. The standard InChI is InChI=1S/C18H18Cl2N2O2/c1-24-11-5-10-22-17(13-7-4-8-14(19)16(13)20)21-15-9-3-2-6-12(15)18(22)23/h2-4,6-9,17,21H,5,10-11H2,1H3. The van der Waals surface area contributed by atoms with Crippen LogP contribution in [0.3, 0.4) is 0 Å². The predicted molar refractivity (Wildman–Crippen MR) is 96.8 cm³/mol. The summed E-state index contributed by atoms with van der Waals surface area (Å²) in [4.78, 5) is 14.7. The summed E-state index contributed by atoms with van der Waals surface area (Å²) in [6, 6.07) is 12.9. The molecule has 1 aliphatic rings. The van der Waals surface area contributed by atoms with Crippen LogP contribution < -0.4 is 5.32 Å². The Kier molecular flexibility index (Phi) is 5.29. The predicted octanol–water partition coefficient (Wildman–Crippen LogP) is 4.60. The lowest BCUT2D eigenvalue weighted by Crippen LogP contribution is -2.43. The second kappa shape index (κ2) is 7.43. The molecule has 1 atom stereocenters. The van der Waals surface area contributed by atoms with Crippen molar-refractivity contribution < 1.29 is 9.53 Å². The van der Waals surface area contributed by atoms with E-state index in [9.17, 15) is 4.79 Å². The summed E-state index contributed by atoms with van der Waals surface area (Å²) in [6.45, 7) is 1.14. The van der Waals surface area contributed by atoms with Gasteiger partial charge in [-0.3, -0.25) is 4.79 Å². The molecule has 0 aromatic heterocycles. The first-order valence-electron chi connectivity index (χ1n) is 7.73. The lowest BCUT2D eigenvalue weighted by atomic mass is 10.0. The second-order valence-corrected chi connectivity index (χ2v) is 6.37. The first-order valence-corrected chi connectivity index (χ1v) is 8.48. The molecule has 2 aromatic carbocycles. The number of nitrogens with one attached hydrogen (secondary N) is 1. The molecule has 0 bridgehead atoms. The highest BCUT2D eigenvalue weighted by Gasteiger charge is 2.33. The van der Waals surface area contributed by atoms with Crippen molar-refractivity contribution >= 4 is 34.8 Å². The molecule has 0 aliphatic carbocycles. The zero-order chi connectivity index (χ0) is 17.1. The van der Waals surface area contributed by atoms with Gasteiger partial charge < -0.3 is 15.0 Å². The number of fused-ring (bicyclic) bond motifs is 1. The van der Waals surface area contributed by atoms with Gasteiger partial charge >= 0.3 is 0 Å². The number of carbonyl (C=O) groups excluding carboxylic acids is 1. The molecule has 6 heteroatoms. The van der Waals surface area contributed by atoms with Crippen molar-refractivity contribution in [3.05, 3.63) is 63.6 Å². The fraction of sp³-hybridized carbons (Fsp3) is 0.278. The molecule has 0 radical (unpaired) electrons. The van der Waals surface area contributed by atoms with Gasteiger partial charge in [0.2, 0.25) is 0 Å². The van der Waals surface area contributed by atoms with Crippen molar-refractivity contribution in [1.82, 2.24) is 4.90 Å². The molecule has 24 heavy (non-hydrogen) atoms. The maximum atomic E-state index is 13.0. The average molecular weight is 365 g/mol. The zero-order valence-electron chi connectivity index (χ0n) is 13.3. The molecule has 2 aromatic rings. The van der Waals surface area contributed by atoms with Gasteiger partial charge in [0, 0.05) is 31.5 Å². The average Bonchev–Trinajstić information content (AvgIpc) is 2.59. The second-order valence-electron chi connectivity index (χ2n) is 5.58. The van der Waals surface area contributed by atoms with Crippen molar-refractivity contribution in [2.24, 2.45) is 0 Å². The molecule has 0 fully saturated rings. The molecule has 0 spiro atoms. The summed E-state index contributed by atoms with van der Waals surface area (Å²) in [5.74, 6) is -0.0264. The number of hydrogen-bond acceptors (Lipinski definition) is 3. The third kappa shape index (κ3) is 3.22. The molecule has 3 rings (SSSR count). The van der Waals surface area contributed by atoms with E-state index in [4.69, 9.17) is 27.9 Å². The topological polar surface area (TPSA) is 41.6 Å². The number of nitrogens with zero attached hydrogens (tertiary/aromatic N) is 1. The summed E-state index contributed by atoms with van der Waals surface area (Å²) < 4.78 is 5.12. The number of halogens is 2. The lowest BCUT2D eigenvalue weighted by Gasteiger charge is -2.38. The van der Waals surface area contributed by atoms with Crippen LogP contribution in [0.4, 0.5) is 5.69 Å². The minimum atomic E-state index is -0.365. The van der Waals surface area contributed by atoms with E-state index in [1.165, 1.54) is 0 Å². The highest BCUT2D eigenvalue weighted by Crippen LogP contribution is 2.38. The van der Waals surface area contributed by atoms with E-state index in [2.05, 4.69) is 5.32 Å². The highest BCUT2D eigenvalue weighted by molar-refractivity contribution is 6.42. The summed E-state index contributed by atoms with van der Waals surface area (Å²) in [5, 5.41) is 4.34. The summed E-state index contributed by atoms with van der Waals surface area (Å²) in [5.41, 5.74) is 2.24. The Labute approximate surface area is 151 Å². The Hall–Kier alpha value is -1.75. The Morgan fingerprint density at radius 3 is 2.75 bits per heavy atom. The molecule has 1 heterocycles. The normalized spacial score (nSPS) is 16.7. The van der Waals surface area contributed by atoms with Gasteiger partial charge in [-0.2, -0.15) is 0 Å². The Bertz CT molecular complexity index is 752. The number of benzene rings is 2. The van der Waals surface area contributed by atoms with Gasteiger partial charge in [-0.25, -0.2) is 0 Å². The molecule has 0 saturated heterocycles. The van der Waals surface area contributed by atoms with E-state index < -0.39 is 0 Å². The Balaban J connectivity index is 2.01. The largest absolute Gasteiger partial charge is 0.385 e. The lowest BCUT2D eigenvalue weighted by molar-refractivity contribution is 0.0660. The van der Waals surface area contributed by atoms with Crippen LogP contribution in [0.15, 0.2) is 42.5 Å². The van der Waals surface area contributed by atoms with E-state index >= 15 is 0 Å². The fourth-order valence-corrected chi connectivity index (χ4v) is 3.29. The van der Waals surface area contributed by atoms with Crippen LogP contribution in [0.2, 0.25) is 10.0 Å². The first-order chi connectivity index (χ1) is 11.6. The summed E-state index contributed by atoms with van der Waals surface area (Å²) in [6.07, 6.45) is 0.372. The maximum absolute atomic E-state index is 13.0. The van der Waals surface area contributed by atoms with Gasteiger partial charge in [0.25, 0.3) is 5.91 Å². The number of carbonyl (C=O) groups is 1. The fourth-order valence-electron chi connectivity index (χ4n) is 2.88. The van der Waals surface area contributed by atoms with Gasteiger partial charge in [0.15, 0.2) is 0 Å². The molecule has 1 unspecified atom stereocenters. The van der Waals surface area contributed by atoms with Gasteiger partial charge in [-0.05, 0) is 24.6 Å². The first kappa shape index (κ1) is 17.1. The van der Waals surface area contributed by atoms with Gasteiger partial charge in [-0.1, -0.05) is 47.5 Å². The Morgan fingerprint density at radius 1 is 1.17 bits per heavy atom. The third-order valence-electron chi connectivity index (χ3n) is 4.05. The minimum absolute atomic E-state index is 0.0264. The van der Waals surface area contributed by atoms with E-state index in [0.717, 1.165) is 17.7 Å². The summed E-state index contributed by atoms with van der Waals surface area (Å²) in [7, 11) is 1.65. The van der Waals surface area contributed by atoms with E-state index in [1.807, 2.05) is 36.4 Å². The van der Waals surface area contributed by atoms with Gasteiger partial charge in [-0.15, -0.1) is 0 Å². The molecular formula is C18H18Cl2N2O2. The van der Waals surface area contributed by atoms with E-state index in [-0.39, 0.29) is 12.1 Å². The number of amides is 1. The van der Waals surface area contributed by atoms with Crippen molar-refractivity contribution in [2.45, 2.75) is 12.6 Å². The molecular weight excluding hydrogens is 347 g/mol. The minimum Gasteiger partial charge on any atom is -0.385 e. The van der Waals surface area contributed by atoms with E-state index in [1.54, 1.807) is 18.1 Å². The van der Waals surface area contributed by atoms with Gasteiger partial charge in [0.05, 0.1) is 15.6 Å². The van der Waals surface area contributed by atoms with Gasteiger partial charge in [0.1, 0.15) is 6.17 Å². The van der Waals surface area contributed by atoms with Crippen LogP contribution in [-0.4, -0.2) is 31.1 Å². The monoisotopic (exact) mass is 364 g/mol. The molecule has 126 valence electrons. The van der Waals surface area contributed by atoms with Crippen LogP contribution in [0.25, 0.3) is 0 Å². The van der Waals surface area contributed by atoms with Crippen molar-refractivity contribution in [1.29, 1.82) is 0 Å². The van der Waals surface area contributed by atoms with Crippen molar-refractivity contribution in [3.63, 3.8) is 0 Å². The highest BCUT2D eigenvalue weighted by atomic mass is 35.5. The molecule has 1 aliphatic heterocycles. The van der Waals surface area contributed by atoms with Crippen LogP contribution in [0.1, 0.15) is 28.5 Å². The maximum Gasteiger partial charge on any atom is 0.257 e. The van der Waals surface area contributed by atoms with Crippen molar-refractivity contribution in [2.75, 3.05) is 25.6 Å². The SMILES string of the molecule is COCCCN1C(=O)c2ccccc2NC1c1cccc(Cl)c1Cl. The summed E-state index contributed by atoms with van der Waals surface area (Å²) >= 11 is 12.6. The quantitative estimate of drug-likeness (QED) is 0.788. The third-order valence-corrected chi connectivity index (χ3v) is 4.88. The number of ether oxygens (including phenoxy) is 1. The number of methoxy groups -OCH3 is 1. The van der Waals surface area contributed by atoms with Crippen LogP contribution >= 0.6 is 23.2 Å². The molecule has 4 nitrogen and oxygen atoms in total. The number of rotatable bonds is 5. The molecule has 0 saturated carbocycles. The number of para-hydroxylation sites is 1. The Morgan fingerprint density at radius 2 is 1.96 bits per heavy atom. The van der Waals surface area contributed by atoms with E-state index in [0.29, 0.717) is 28.8 Å². The number of anilines is 1. The van der Waals surface area contributed by atoms with Crippen molar-refractivity contribution in [3.8, 4) is 0 Å². The molecule has 1 N–H and O–H groups in total. The van der Waals surface area contributed by atoms with Crippen LogP contribution in [0, 0.1) is 0 Å². The van der Waals surface area contributed by atoms with Crippen LogP contribution in [0.5, 0.6) is 0 Å². The smallest absolute Gasteiger partial charge is 0.257 e. The van der Waals surface area contributed by atoms with Crippen LogP contribution in [-0.2, 0) is 4.74 Å². The number of hydrogen-bond donors (Lipinski definition) is 1.